The highest BCUT2D eigenvalue weighted by Crippen LogP contribution is 2.67. The Hall–Kier alpha value is -2.01. The molecule has 0 spiro atoms. The normalized spacial score (nSPS) is 39.2. The van der Waals surface area contributed by atoms with Gasteiger partial charge in [0.05, 0.1) is 6.10 Å². The average molecular weight is 541 g/mol. The third-order valence-corrected chi connectivity index (χ3v) is 16.9. The highest BCUT2D eigenvalue weighted by Gasteiger charge is 2.72. The van der Waals surface area contributed by atoms with Gasteiger partial charge in [-0.25, -0.2) is 0 Å². The number of allylic oxidation sites excluding steroid dienone is 1. The molecule has 0 unspecified atom stereocenters. The molecular formula is C35H44O3Si. The summed E-state index contributed by atoms with van der Waals surface area (Å²) >= 11 is 0. The summed E-state index contributed by atoms with van der Waals surface area (Å²) in [6, 6.07) is 22.2. The minimum absolute atomic E-state index is 0.00780. The summed E-state index contributed by atoms with van der Waals surface area (Å²) in [6.07, 6.45) is 9.54. The van der Waals surface area contributed by atoms with Crippen molar-refractivity contribution < 1.29 is 14.0 Å². The van der Waals surface area contributed by atoms with E-state index >= 15 is 0 Å². The Morgan fingerprint density at radius 3 is 2.13 bits per heavy atom. The van der Waals surface area contributed by atoms with E-state index in [-0.39, 0.29) is 34.2 Å². The second kappa shape index (κ2) is 8.74. The van der Waals surface area contributed by atoms with Gasteiger partial charge in [-0.2, -0.15) is 0 Å². The third kappa shape index (κ3) is 3.63. The predicted molar refractivity (Wildman–Crippen MR) is 159 cm³/mol. The molecule has 4 aliphatic carbocycles. The molecule has 2 aromatic rings. The van der Waals surface area contributed by atoms with Crippen LogP contribution in [-0.4, -0.2) is 32.4 Å². The second-order valence-electron chi connectivity index (χ2n) is 14.7. The van der Waals surface area contributed by atoms with E-state index in [1.807, 2.05) is 0 Å². The van der Waals surface area contributed by atoms with Crippen LogP contribution in [0.3, 0.4) is 0 Å². The smallest absolute Gasteiger partial charge is 0.261 e. The van der Waals surface area contributed by atoms with Gasteiger partial charge in [-0.1, -0.05) is 107 Å². The Morgan fingerprint density at radius 1 is 0.897 bits per heavy atom. The molecule has 0 radical (unpaired) electrons. The number of epoxide rings is 1. The molecular weight excluding hydrogens is 496 g/mol. The fraction of sp³-hybridized carbons (Fsp3) is 0.571. The van der Waals surface area contributed by atoms with Crippen molar-refractivity contribution in [3.8, 4) is 0 Å². The summed E-state index contributed by atoms with van der Waals surface area (Å²) in [5.41, 5.74) is 1.69. The lowest BCUT2D eigenvalue weighted by atomic mass is 9.48. The fourth-order valence-electron chi connectivity index (χ4n) is 9.75. The Kier molecular flexibility index (Phi) is 5.81. The molecule has 0 aromatic heterocycles. The van der Waals surface area contributed by atoms with E-state index < -0.39 is 8.32 Å². The van der Waals surface area contributed by atoms with E-state index in [0.717, 1.165) is 25.7 Å². The standard InChI is InChI=1S/C35H44O3Si/c1-33(2,3)39(25-12-8-6-9-13-25,26-14-10-7-11-15-26)38-24-18-20-34(4)23(22-24)16-17-27-28(34)19-21-35(5)29(27)30-31(37-30)32(35)36/h6-16,24,27-31H,17-22H2,1-5H3/t24-,27+,28-,29+,30-,31-,34-,35-/m0/s1. The highest BCUT2D eigenvalue weighted by molar-refractivity contribution is 6.99. The van der Waals surface area contributed by atoms with E-state index in [2.05, 4.69) is 101 Å². The SMILES string of the molecule is CC(C)(C)[Si](O[C@H]1CC[C@@]2(C)C(=CC[C@H]3[C@@H]4[C@@H]5O[C@@H]5C(=O)[C@@]4(C)CC[C@@H]32)C1)(c1ccccc1)c1ccccc1. The van der Waals surface area contributed by atoms with E-state index in [4.69, 9.17) is 9.16 Å². The third-order valence-electron chi connectivity index (χ3n) is 11.8. The molecule has 8 atom stereocenters. The van der Waals surface area contributed by atoms with Crippen molar-refractivity contribution in [2.45, 2.75) is 96.5 Å². The lowest BCUT2D eigenvalue weighted by Gasteiger charge is -2.57. The first-order valence-electron chi connectivity index (χ1n) is 15.3. The van der Waals surface area contributed by atoms with Crippen molar-refractivity contribution in [3.05, 3.63) is 72.3 Å². The molecule has 39 heavy (non-hydrogen) atoms. The van der Waals surface area contributed by atoms with E-state index in [1.165, 1.54) is 23.2 Å². The van der Waals surface area contributed by atoms with Crippen LogP contribution in [0.1, 0.15) is 73.1 Å². The molecule has 0 N–H and O–H groups in total. The maximum atomic E-state index is 13.1. The molecule has 1 heterocycles. The topological polar surface area (TPSA) is 38.8 Å². The maximum Gasteiger partial charge on any atom is 0.261 e. The van der Waals surface area contributed by atoms with Crippen molar-refractivity contribution in [2.24, 2.45) is 28.6 Å². The number of hydrogen-bond donors (Lipinski definition) is 0. The zero-order valence-corrected chi connectivity index (χ0v) is 25.3. The lowest BCUT2D eigenvalue weighted by Crippen LogP contribution is -2.68. The number of carbonyl (C=O) groups excluding carboxylic acids is 1. The van der Waals surface area contributed by atoms with Gasteiger partial charge >= 0.3 is 0 Å². The molecule has 3 saturated carbocycles. The summed E-state index contributed by atoms with van der Waals surface area (Å²) in [4.78, 5) is 13.1. The molecule has 3 nitrogen and oxygen atoms in total. The first-order chi connectivity index (χ1) is 18.6. The van der Waals surface area contributed by atoms with Crippen LogP contribution in [0.5, 0.6) is 0 Å². The molecule has 0 amide bonds. The molecule has 5 aliphatic rings. The van der Waals surface area contributed by atoms with Crippen LogP contribution in [0.4, 0.5) is 0 Å². The van der Waals surface area contributed by atoms with Crippen molar-refractivity contribution in [1.82, 2.24) is 0 Å². The molecule has 7 rings (SSSR count). The summed E-state index contributed by atoms with van der Waals surface area (Å²) in [7, 11) is -2.57. The fourth-order valence-corrected chi connectivity index (χ4v) is 14.5. The van der Waals surface area contributed by atoms with Gasteiger partial charge < -0.3 is 9.16 Å². The van der Waals surface area contributed by atoms with Crippen molar-refractivity contribution in [2.75, 3.05) is 0 Å². The molecule has 2 aromatic carbocycles. The first-order valence-corrected chi connectivity index (χ1v) is 17.2. The van der Waals surface area contributed by atoms with Crippen LogP contribution in [0.2, 0.25) is 5.04 Å². The van der Waals surface area contributed by atoms with Gasteiger partial charge in [0.2, 0.25) is 0 Å². The molecule has 0 bridgehead atoms. The summed E-state index contributed by atoms with van der Waals surface area (Å²) in [5.74, 6) is 2.04. The molecule has 1 aliphatic heterocycles. The maximum absolute atomic E-state index is 13.1. The number of Topliss-reactive ketones (excluding diaryl/α,β-unsaturated/α-hetero) is 1. The number of ether oxygens (including phenoxy) is 1. The number of rotatable bonds is 4. The second-order valence-corrected chi connectivity index (χ2v) is 18.9. The monoisotopic (exact) mass is 540 g/mol. The minimum atomic E-state index is -2.57. The minimum Gasteiger partial charge on any atom is -0.404 e. The quantitative estimate of drug-likeness (QED) is 0.254. The molecule has 206 valence electrons. The number of fused-ring (bicyclic) bond motifs is 7. The Bertz CT molecular complexity index is 1260. The lowest BCUT2D eigenvalue weighted by molar-refractivity contribution is -0.140. The number of hydrogen-bond acceptors (Lipinski definition) is 3. The van der Waals surface area contributed by atoms with Gasteiger partial charge in [0.15, 0.2) is 5.78 Å². The summed E-state index contributed by atoms with van der Waals surface area (Å²) in [6.45, 7) is 11.9. The van der Waals surface area contributed by atoms with Gasteiger partial charge in [0.25, 0.3) is 8.32 Å². The van der Waals surface area contributed by atoms with Gasteiger partial charge in [0, 0.05) is 17.4 Å². The average Bonchev–Trinajstić information content (AvgIpc) is 3.67. The van der Waals surface area contributed by atoms with Crippen LogP contribution in [0, 0.1) is 28.6 Å². The van der Waals surface area contributed by atoms with Gasteiger partial charge in [-0.15, -0.1) is 0 Å². The predicted octanol–water partition coefficient (Wildman–Crippen LogP) is 6.45. The van der Waals surface area contributed by atoms with Crippen LogP contribution in [-0.2, 0) is 14.0 Å². The highest BCUT2D eigenvalue weighted by atomic mass is 28.4. The summed E-state index contributed by atoms with van der Waals surface area (Å²) in [5, 5.41) is 2.73. The van der Waals surface area contributed by atoms with Crippen LogP contribution in [0.15, 0.2) is 72.3 Å². The van der Waals surface area contributed by atoms with Crippen molar-refractivity contribution in [3.63, 3.8) is 0 Å². The van der Waals surface area contributed by atoms with Crippen LogP contribution < -0.4 is 10.4 Å². The zero-order chi connectivity index (χ0) is 27.2. The molecule has 1 saturated heterocycles. The first kappa shape index (κ1) is 25.9. The Morgan fingerprint density at radius 2 is 1.51 bits per heavy atom. The van der Waals surface area contributed by atoms with Gasteiger partial charge in [0.1, 0.15) is 6.10 Å². The van der Waals surface area contributed by atoms with Gasteiger partial charge in [-0.05, 0) is 71.2 Å². The molecule has 4 heteroatoms. The molecule has 4 fully saturated rings. The number of ketones is 1. The van der Waals surface area contributed by atoms with Crippen molar-refractivity contribution in [1.29, 1.82) is 0 Å². The Labute approximate surface area is 235 Å². The Balaban J connectivity index is 1.21. The largest absolute Gasteiger partial charge is 0.404 e. The van der Waals surface area contributed by atoms with Crippen molar-refractivity contribution >= 4 is 24.5 Å². The van der Waals surface area contributed by atoms with Gasteiger partial charge in [-0.3, -0.25) is 4.79 Å². The van der Waals surface area contributed by atoms with Crippen LogP contribution >= 0.6 is 0 Å². The summed E-state index contributed by atoms with van der Waals surface area (Å²) < 4.78 is 13.5. The number of carbonyl (C=O) groups is 1. The van der Waals surface area contributed by atoms with E-state index in [0.29, 0.717) is 23.5 Å². The van der Waals surface area contributed by atoms with E-state index in [9.17, 15) is 4.79 Å². The number of benzene rings is 2. The van der Waals surface area contributed by atoms with E-state index in [1.54, 1.807) is 5.57 Å². The zero-order valence-electron chi connectivity index (χ0n) is 24.3. The van der Waals surface area contributed by atoms with Crippen LogP contribution in [0.25, 0.3) is 0 Å².